The molecule has 0 radical (unpaired) electrons. The van der Waals surface area contributed by atoms with E-state index in [2.05, 4.69) is 10.0 Å². The SMILES string of the molecule is CCNC(=O)C(C)NS(=O)(=O)c1cc(N)cs1. The zero-order valence-corrected chi connectivity index (χ0v) is 11.2. The van der Waals surface area contributed by atoms with Crippen LogP contribution in [0.3, 0.4) is 0 Å². The van der Waals surface area contributed by atoms with Crippen LogP contribution in [0.1, 0.15) is 13.8 Å². The van der Waals surface area contributed by atoms with Crippen LogP contribution in [0.2, 0.25) is 0 Å². The van der Waals surface area contributed by atoms with Crippen molar-refractivity contribution in [3.8, 4) is 0 Å². The maximum Gasteiger partial charge on any atom is 0.250 e. The summed E-state index contributed by atoms with van der Waals surface area (Å²) >= 11 is 1.02. The molecule has 0 saturated carbocycles. The summed E-state index contributed by atoms with van der Waals surface area (Å²) in [5.74, 6) is -0.361. The van der Waals surface area contributed by atoms with E-state index in [1.165, 1.54) is 18.4 Å². The van der Waals surface area contributed by atoms with E-state index in [0.29, 0.717) is 12.2 Å². The minimum atomic E-state index is -3.67. The highest BCUT2D eigenvalue weighted by Crippen LogP contribution is 2.21. The summed E-state index contributed by atoms with van der Waals surface area (Å²) in [4.78, 5) is 11.4. The topological polar surface area (TPSA) is 101 Å². The van der Waals surface area contributed by atoms with E-state index in [-0.39, 0.29) is 10.1 Å². The van der Waals surface area contributed by atoms with E-state index in [9.17, 15) is 13.2 Å². The summed E-state index contributed by atoms with van der Waals surface area (Å²) in [6.45, 7) is 3.70. The summed E-state index contributed by atoms with van der Waals surface area (Å²) in [6, 6.07) is 0.542. The largest absolute Gasteiger partial charge is 0.398 e. The molecular formula is C9H15N3O3S2. The number of nitrogen functional groups attached to an aromatic ring is 1. The number of amides is 1. The predicted octanol–water partition coefficient (Wildman–Crippen LogP) is 0.133. The van der Waals surface area contributed by atoms with Crippen molar-refractivity contribution in [2.75, 3.05) is 12.3 Å². The lowest BCUT2D eigenvalue weighted by Crippen LogP contribution is -2.44. The van der Waals surface area contributed by atoms with Crippen molar-refractivity contribution in [3.63, 3.8) is 0 Å². The fourth-order valence-corrected chi connectivity index (χ4v) is 3.44. The van der Waals surface area contributed by atoms with Gasteiger partial charge in [-0.2, -0.15) is 4.72 Å². The lowest BCUT2D eigenvalue weighted by Gasteiger charge is -2.12. The molecule has 0 aromatic carbocycles. The van der Waals surface area contributed by atoms with Gasteiger partial charge in [0.2, 0.25) is 5.91 Å². The number of carbonyl (C=O) groups excluding carboxylic acids is 1. The van der Waals surface area contributed by atoms with Gasteiger partial charge in [0.1, 0.15) is 4.21 Å². The van der Waals surface area contributed by atoms with Crippen molar-refractivity contribution in [1.82, 2.24) is 10.0 Å². The van der Waals surface area contributed by atoms with Gasteiger partial charge in [0.05, 0.1) is 6.04 Å². The number of nitrogens with one attached hydrogen (secondary N) is 2. The van der Waals surface area contributed by atoms with Crippen LogP contribution in [0.4, 0.5) is 5.69 Å². The van der Waals surface area contributed by atoms with E-state index in [1.54, 1.807) is 6.92 Å². The Balaban J connectivity index is 2.77. The van der Waals surface area contributed by atoms with E-state index < -0.39 is 16.1 Å². The van der Waals surface area contributed by atoms with E-state index in [4.69, 9.17) is 5.73 Å². The molecule has 0 saturated heterocycles. The van der Waals surface area contributed by atoms with E-state index >= 15 is 0 Å². The predicted molar refractivity (Wildman–Crippen MR) is 67.2 cm³/mol. The van der Waals surface area contributed by atoms with Crippen molar-refractivity contribution in [1.29, 1.82) is 0 Å². The number of hydrogen-bond acceptors (Lipinski definition) is 5. The van der Waals surface area contributed by atoms with Gasteiger partial charge in [-0.15, -0.1) is 11.3 Å². The summed E-state index contributed by atoms with van der Waals surface area (Å²) in [5.41, 5.74) is 5.84. The van der Waals surface area contributed by atoms with E-state index in [1.807, 2.05) is 0 Å². The van der Waals surface area contributed by atoms with Crippen LogP contribution in [0.25, 0.3) is 0 Å². The zero-order chi connectivity index (χ0) is 13.1. The highest BCUT2D eigenvalue weighted by atomic mass is 32.2. The molecule has 8 heteroatoms. The fourth-order valence-electron chi connectivity index (χ4n) is 1.14. The minimum absolute atomic E-state index is 0.103. The first-order valence-corrected chi connectivity index (χ1v) is 7.37. The van der Waals surface area contributed by atoms with Crippen molar-refractivity contribution in [2.45, 2.75) is 24.1 Å². The van der Waals surface area contributed by atoms with Crippen LogP contribution in [0, 0.1) is 0 Å². The first-order valence-electron chi connectivity index (χ1n) is 5.01. The van der Waals surface area contributed by atoms with Crippen LogP contribution in [-0.4, -0.2) is 26.9 Å². The molecular weight excluding hydrogens is 262 g/mol. The van der Waals surface area contributed by atoms with Gasteiger partial charge in [0, 0.05) is 17.6 Å². The highest BCUT2D eigenvalue weighted by molar-refractivity contribution is 7.91. The second-order valence-electron chi connectivity index (χ2n) is 3.44. The molecule has 17 heavy (non-hydrogen) atoms. The number of hydrogen-bond donors (Lipinski definition) is 3. The van der Waals surface area contributed by atoms with Crippen LogP contribution in [-0.2, 0) is 14.8 Å². The molecule has 96 valence electrons. The summed E-state index contributed by atoms with van der Waals surface area (Å²) in [5, 5.41) is 4.07. The molecule has 1 unspecified atom stereocenters. The number of anilines is 1. The maximum absolute atomic E-state index is 11.8. The number of carbonyl (C=O) groups is 1. The lowest BCUT2D eigenvalue weighted by molar-refractivity contribution is -0.122. The maximum atomic E-state index is 11.8. The Kier molecular flexibility index (Phi) is 4.49. The Morgan fingerprint density at radius 2 is 2.24 bits per heavy atom. The Hall–Kier alpha value is -1.12. The van der Waals surface area contributed by atoms with Gasteiger partial charge >= 0.3 is 0 Å². The Labute approximate surface area is 104 Å². The molecule has 1 aromatic heterocycles. The lowest BCUT2D eigenvalue weighted by atomic mass is 10.3. The molecule has 0 aliphatic rings. The van der Waals surface area contributed by atoms with Crippen LogP contribution in [0.5, 0.6) is 0 Å². The average Bonchev–Trinajstić information content (AvgIpc) is 2.65. The number of sulfonamides is 1. The number of rotatable bonds is 5. The quantitative estimate of drug-likeness (QED) is 0.712. The van der Waals surface area contributed by atoms with Crippen molar-refractivity contribution in [3.05, 3.63) is 11.4 Å². The molecule has 1 rings (SSSR count). The van der Waals surface area contributed by atoms with E-state index in [0.717, 1.165) is 11.3 Å². The molecule has 1 amide bonds. The van der Waals surface area contributed by atoms with Gasteiger partial charge in [-0.25, -0.2) is 8.42 Å². The first kappa shape index (κ1) is 13.9. The minimum Gasteiger partial charge on any atom is -0.398 e. The second-order valence-corrected chi connectivity index (χ2v) is 6.29. The van der Waals surface area contributed by atoms with Gasteiger partial charge < -0.3 is 11.1 Å². The summed E-state index contributed by atoms with van der Waals surface area (Å²) in [6.07, 6.45) is 0. The Bertz CT molecular complexity index is 495. The second kappa shape index (κ2) is 5.48. The fraction of sp³-hybridized carbons (Fsp3) is 0.444. The number of thiophene rings is 1. The molecule has 1 aromatic rings. The third-order valence-corrected chi connectivity index (χ3v) is 4.94. The van der Waals surface area contributed by atoms with Crippen LogP contribution >= 0.6 is 11.3 Å². The molecule has 6 nitrogen and oxygen atoms in total. The average molecular weight is 277 g/mol. The van der Waals surface area contributed by atoms with Gasteiger partial charge in [0.15, 0.2) is 0 Å². The first-order chi connectivity index (χ1) is 7.86. The highest BCUT2D eigenvalue weighted by Gasteiger charge is 2.22. The van der Waals surface area contributed by atoms with Crippen molar-refractivity contribution < 1.29 is 13.2 Å². The third kappa shape index (κ3) is 3.69. The van der Waals surface area contributed by atoms with Crippen molar-refractivity contribution in [2.24, 2.45) is 0 Å². The standard InChI is InChI=1S/C9H15N3O3S2/c1-3-11-9(13)6(2)12-17(14,15)8-4-7(10)5-16-8/h4-6,12H,3,10H2,1-2H3,(H,11,13). The Morgan fingerprint density at radius 1 is 1.59 bits per heavy atom. The monoisotopic (exact) mass is 277 g/mol. The molecule has 0 aliphatic carbocycles. The molecule has 4 N–H and O–H groups in total. The summed E-state index contributed by atoms with van der Waals surface area (Å²) in [7, 11) is -3.67. The van der Waals surface area contributed by atoms with Crippen LogP contribution < -0.4 is 15.8 Å². The smallest absolute Gasteiger partial charge is 0.250 e. The van der Waals surface area contributed by atoms with Gasteiger partial charge in [-0.05, 0) is 19.9 Å². The third-order valence-electron chi connectivity index (χ3n) is 1.94. The number of likely N-dealkylation sites (N-methyl/N-ethyl adjacent to an activating group) is 1. The molecule has 1 atom stereocenters. The van der Waals surface area contributed by atoms with Gasteiger partial charge in [0.25, 0.3) is 10.0 Å². The van der Waals surface area contributed by atoms with Gasteiger partial charge in [-0.3, -0.25) is 4.79 Å². The molecule has 0 fully saturated rings. The van der Waals surface area contributed by atoms with Gasteiger partial charge in [-0.1, -0.05) is 0 Å². The molecule has 0 bridgehead atoms. The molecule has 1 heterocycles. The Morgan fingerprint density at radius 3 is 2.71 bits per heavy atom. The normalized spacial score (nSPS) is 13.3. The molecule has 0 aliphatic heterocycles. The van der Waals surface area contributed by atoms with Crippen LogP contribution in [0.15, 0.2) is 15.7 Å². The zero-order valence-electron chi connectivity index (χ0n) is 9.56. The summed E-state index contributed by atoms with van der Waals surface area (Å²) < 4.78 is 26.0. The number of nitrogens with two attached hydrogens (primary N) is 1. The van der Waals surface area contributed by atoms with Crippen molar-refractivity contribution >= 4 is 33.0 Å². The molecule has 0 spiro atoms.